The van der Waals surface area contributed by atoms with Gasteiger partial charge in [-0.25, -0.2) is 0 Å². The van der Waals surface area contributed by atoms with Gasteiger partial charge in [-0.1, -0.05) is 12.1 Å². The van der Waals surface area contributed by atoms with Crippen molar-refractivity contribution in [3.63, 3.8) is 0 Å². The Hall–Kier alpha value is -4.32. The minimum Gasteiger partial charge on any atom is -0.497 e. The molecule has 0 saturated carbocycles. The molecule has 1 aromatic heterocycles. The summed E-state index contributed by atoms with van der Waals surface area (Å²) in [6, 6.07) is 10.5. The zero-order chi connectivity index (χ0) is 28.9. The van der Waals surface area contributed by atoms with Crippen molar-refractivity contribution in [3.05, 3.63) is 58.6 Å². The molecule has 2 aromatic carbocycles. The lowest BCUT2D eigenvalue weighted by Gasteiger charge is -2.34. The Morgan fingerprint density at radius 2 is 1.69 bits per heavy atom. The molecule has 0 aliphatic heterocycles. The summed E-state index contributed by atoms with van der Waals surface area (Å²) in [6.45, 7) is 7.83. The van der Waals surface area contributed by atoms with E-state index >= 15 is 0 Å². The Bertz CT molecular complexity index is 1350. The van der Waals surface area contributed by atoms with Crippen LogP contribution in [-0.2, 0) is 4.79 Å². The molecule has 0 saturated heterocycles. The number of primary amides is 1. The quantitative estimate of drug-likeness (QED) is 0.343. The summed E-state index contributed by atoms with van der Waals surface area (Å²) in [4.78, 5) is 41.2. The highest BCUT2D eigenvalue weighted by Crippen LogP contribution is 2.40. The van der Waals surface area contributed by atoms with Gasteiger partial charge in [-0.2, -0.15) is 4.37 Å². The number of carbonyl (C=O) groups excluding carboxylic acids is 3. The van der Waals surface area contributed by atoms with E-state index in [2.05, 4.69) is 9.69 Å². The van der Waals surface area contributed by atoms with Crippen LogP contribution in [0.1, 0.15) is 59.5 Å². The lowest BCUT2D eigenvalue weighted by atomic mass is 10.00. The molecule has 208 valence electrons. The maximum absolute atomic E-state index is 14.3. The summed E-state index contributed by atoms with van der Waals surface area (Å²) in [5.74, 6) is -0.660. The van der Waals surface area contributed by atoms with Crippen molar-refractivity contribution in [1.29, 1.82) is 0 Å². The lowest BCUT2D eigenvalue weighted by molar-refractivity contribution is -0.123. The molecule has 11 nitrogen and oxygen atoms in total. The number of ether oxygens (including phenoxy) is 3. The molecule has 39 heavy (non-hydrogen) atoms. The third kappa shape index (κ3) is 6.58. The fourth-order valence-electron chi connectivity index (χ4n) is 3.86. The van der Waals surface area contributed by atoms with Gasteiger partial charge in [0.1, 0.15) is 28.2 Å². The second-order valence-electron chi connectivity index (χ2n) is 9.50. The van der Waals surface area contributed by atoms with Crippen molar-refractivity contribution < 1.29 is 28.6 Å². The van der Waals surface area contributed by atoms with Gasteiger partial charge < -0.3 is 31.0 Å². The number of benzene rings is 2. The number of nitrogen functional groups attached to an aromatic ring is 1. The minimum absolute atomic E-state index is 0.0545. The average molecular weight is 556 g/mol. The van der Waals surface area contributed by atoms with Crippen LogP contribution in [0.3, 0.4) is 0 Å². The van der Waals surface area contributed by atoms with Crippen LogP contribution in [-0.4, -0.2) is 48.5 Å². The molecule has 0 aliphatic rings. The van der Waals surface area contributed by atoms with Gasteiger partial charge in [0.15, 0.2) is 5.69 Å². The van der Waals surface area contributed by atoms with Gasteiger partial charge in [-0.15, -0.1) is 0 Å². The fraction of sp³-hybridized carbons (Fsp3) is 0.333. The number of nitrogens with two attached hydrogens (primary N) is 2. The Balaban J connectivity index is 2.30. The summed E-state index contributed by atoms with van der Waals surface area (Å²) in [6.07, 6.45) is 0. The number of amides is 3. The van der Waals surface area contributed by atoms with E-state index in [1.807, 2.05) is 27.7 Å². The first-order valence-electron chi connectivity index (χ1n) is 12.1. The number of carbonyl (C=O) groups is 3. The molecule has 0 spiro atoms. The molecule has 3 amide bonds. The highest BCUT2D eigenvalue weighted by atomic mass is 32.1. The highest BCUT2D eigenvalue weighted by molar-refractivity contribution is 7.09. The molecular weight excluding hydrogens is 522 g/mol. The number of anilines is 2. The summed E-state index contributed by atoms with van der Waals surface area (Å²) < 4.78 is 20.5. The van der Waals surface area contributed by atoms with E-state index in [4.69, 9.17) is 25.7 Å². The van der Waals surface area contributed by atoms with Gasteiger partial charge >= 0.3 is 0 Å². The first kappa shape index (κ1) is 29.2. The summed E-state index contributed by atoms with van der Waals surface area (Å²) in [7, 11) is 2.94. The molecule has 1 heterocycles. The maximum Gasteiger partial charge on any atom is 0.273 e. The van der Waals surface area contributed by atoms with Crippen molar-refractivity contribution >= 4 is 40.6 Å². The van der Waals surface area contributed by atoms with Crippen LogP contribution < -0.4 is 35.9 Å². The van der Waals surface area contributed by atoms with Crippen LogP contribution >= 0.6 is 11.5 Å². The first-order chi connectivity index (χ1) is 18.4. The molecule has 3 aromatic rings. The standard InChI is InChI=1S/C27H33N5O6S/c1-7-38-16-10-8-15(9-11-16)22(25(34)30-27(2,3)4)32(18-13-12-17(36-5)14-19(18)37-6)26(35)23-20(28)21(24(29)33)31-39-23/h8-14,22H,7,28H2,1-6H3,(H2,29,33)(H,30,34)/t22-/m0/s1. The van der Waals surface area contributed by atoms with Gasteiger partial charge in [-0.05, 0) is 69.1 Å². The van der Waals surface area contributed by atoms with E-state index in [1.54, 1.807) is 42.5 Å². The van der Waals surface area contributed by atoms with Crippen molar-refractivity contribution in [1.82, 2.24) is 9.69 Å². The van der Waals surface area contributed by atoms with Crippen LogP contribution in [0.5, 0.6) is 17.2 Å². The fourth-order valence-corrected chi connectivity index (χ4v) is 4.60. The SMILES string of the molecule is CCOc1ccc([C@@H](C(=O)NC(C)(C)C)N(C(=O)c2snc(C(N)=O)c2N)c2ccc(OC)cc2OC)cc1. The molecule has 5 N–H and O–H groups in total. The number of hydrogen-bond donors (Lipinski definition) is 3. The predicted octanol–water partition coefficient (Wildman–Crippen LogP) is 3.54. The largest absolute Gasteiger partial charge is 0.497 e. The number of nitrogens with one attached hydrogen (secondary N) is 1. The van der Waals surface area contributed by atoms with Crippen molar-refractivity contribution in [2.45, 2.75) is 39.3 Å². The topological polar surface area (TPSA) is 159 Å². The monoisotopic (exact) mass is 555 g/mol. The number of hydrogen-bond acceptors (Lipinski definition) is 9. The van der Waals surface area contributed by atoms with Gasteiger partial charge in [0.2, 0.25) is 5.91 Å². The Labute approximate surface area is 231 Å². The molecule has 3 rings (SSSR count). The van der Waals surface area contributed by atoms with Crippen LogP contribution in [0.2, 0.25) is 0 Å². The first-order valence-corrected chi connectivity index (χ1v) is 12.8. The molecule has 0 radical (unpaired) electrons. The maximum atomic E-state index is 14.3. The highest BCUT2D eigenvalue weighted by Gasteiger charge is 2.38. The molecule has 0 fully saturated rings. The van der Waals surface area contributed by atoms with Crippen LogP contribution in [0.25, 0.3) is 0 Å². The smallest absolute Gasteiger partial charge is 0.273 e. The van der Waals surface area contributed by atoms with Gasteiger partial charge in [0, 0.05) is 11.6 Å². The Morgan fingerprint density at radius 3 is 2.21 bits per heavy atom. The number of nitrogens with zero attached hydrogens (tertiary/aromatic N) is 2. The average Bonchev–Trinajstić information content (AvgIpc) is 3.27. The van der Waals surface area contributed by atoms with E-state index in [0.29, 0.717) is 23.7 Å². The normalized spacial score (nSPS) is 11.8. The van der Waals surface area contributed by atoms with Crippen LogP contribution in [0.15, 0.2) is 42.5 Å². The van der Waals surface area contributed by atoms with Gasteiger partial charge in [-0.3, -0.25) is 19.3 Å². The third-order valence-corrected chi connectivity index (χ3v) is 6.38. The van der Waals surface area contributed by atoms with Crippen molar-refractivity contribution in [2.24, 2.45) is 5.73 Å². The molecular formula is C27H33N5O6S. The van der Waals surface area contributed by atoms with Crippen LogP contribution in [0, 0.1) is 0 Å². The van der Waals surface area contributed by atoms with E-state index in [0.717, 1.165) is 11.5 Å². The molecule has 0 aliphatic carbocycles. The second-order valence-corrected chi connectivity index (χ2v) is 10.3. The van der Waals surface area contributed by atoms with Crippen molar-refractivity contribution in [2.75, 3.05) is 31.5 Å². The zero-order valence-corrected chi connectivity index (χ0v) is 23.5. The van der Waals surface area contributed by atoms with E-state index in [9.17, 15) is 14.4 Å². The third-order valence-electron chi connectivity index (χ3n) is 5.53. The number of methoxy groups -OCH3 is 2. The molecule has 0 bridgehead atoms. The lowest BCUT2D eigenvalue weighted by Crippen LogP contribution is -2.49. The zero-order valence-electron chi connectivity index (χ0n) is 22.7. The summed E-state index contributed by atoms with van der Waals surface area (Å²) >= 11 is 0.719. The van der Waals surface area contributed by atoms with E-state index < -0.39 is 29.3 Å². The molecule has 0 unspecified atom stereocenters. The van der Waals surface area contributed by atoms with E-state index in [1.165, 1.54) is 19.1 Å². The minimum atomic E-state index is -1.19. The second kappa shape index (κ2) is 12.0. The van der Waals surface area contributed by atoms with E-state index in [-0.39, 0.29) is 27.7 Å². The number of rotatable bonds is 10. The Kier molecular flexibility index (Phi) is 9.02. The van der Waals surface area contributed by atoms with Gasteiger partial charge in [0.05, 0.1) is 32.2 Å². The van der Waals surface area contributed by atoms with Crippen molar-refractivity contribution in [3.8, 4) is 17.2 Å². The predicted molar refractivity (Wildman–Crippen MR) is 150 cm³/mol. The molecule has 12 heteroatoms. The van der Waals surface area contributed by atoms with Gasteiger partial charge in [0.25, 0.3) is 11.8 Å². The summed E-state index contributed by atoms with van der Waals surface area (Å²) in [5.41, 5.74) is 11.3. The van der Waals surface area contributed by atoms with Crippen LogP contribution in [0.4, 0.5) is 11.4 Å². The molecule has 1 atom stereocenters. The summed E-state index contributed by atoms with van der Waals surface area (Å²) in [5, 5.41) is 2.96. The Morgan fingerprint density at radius 1 is 1.05 bits per heavy atom. The number of aromatic nitrogens is 1.